The fourth-order valence-corrected chi connectivity index (χ4v) is 1.76. The average molecular weight is 285 g/mol. The van der Waals surface area contributed by atoms with Crippen LogP contribution in [0.5, 0.6) is 0 Å². The van der Waals surface area contributed by atoms with Gasteiger partial charge < -0.3 is 0 Å². The average Bonchev–Trinajstić information content (AvgIpc) is 2.66. The van der Waals surface area contributed by atoms with Gasteiger partial charge >= 0.3 is 0 Å². The molecule has 2 aromatic heterocycles. The van der Waals surface area contributed by atoms with E-state index in [9.17, 15) is 4.39 Å². The summed E-state index contributed by atoms with van der Waals surface area (Å²) in [6.45, 7) is 0.486. The lowest BCUT2D eigenvalue weighted by Crippen LogP contribution is -2.01. The number of aromatic nitrogens is 4. The maximum atomic E-state index is 12.9. The Morgan fingerprint density at radius 1 is 1.38 bits per heavy atom. The summed E-state index contributed by atoms with van der Waals surface area (Å²) in [6.07, 6.45) is 5.49. The zero-order chi connectivity index (χ0) is 11.4. The molecular formula is C10H10BrFN4. The van der Waals surface area contributed by atoms with E-state index >= 15 is 0 Å². The molecule has 0 aromatic carbocycles. The lowest BCUT2D eigenvalue weighted by atomic mass is 10.3. The molecule has 6 heteroatoms. The third-order valence-electron chi connectivity index (χ3n) is 2.04. The van der Waals surface area contributed by atoms with Crippen LogP contribution in [-0.4, -0.2) is 25.3 Å². The molecule has 0 atom stereocenters. The number of hydrogen-bond acceptors (Lipinski definition) is 3. The second-order valence-corrected chi connectivity index (χ2v) is 4.15. The smallest absolute Gasteiger partial charge is 0.141 e. The first kappa shape index (κ1) is 11.2. The second-order valence-electron chi connectivity index (χ2n) is 3.36. The van der Waals surface area contributed by atoms with Gasteiger partial charge in [0.1, 0.15) is 5.82 Å². The Bertz CT molecular complexity index is 471. The third kappa shape index (κ3) is 2.85. The molecule has 0 fully saturated rings. The highest BCUT2D eigenvalue weighted by Crippen LogP contribution is 2.04. The van der Waals surface area contributed by atoms with Gasteiger partial charge in [-0.3, -0.25) is 4.98 Å². The molecule has 2 rings (SSSR count). The van der Waals surface area contributed by atoms with Crippen LogP contribution in [0.4, 0.5) is 4.39 Å². The summed E-state index contributed by atoms with van der Waals surface area (Å²) in [5, 5.41) is 8.80. The Kier molecular flexibility index (Phi) is 3.61. The Hall–Kier alpha value is -1.30. The number of aryl methyl sites for hydroxylation is 1. The molecule has 0 saturated carbocycles. The van der Waals surface area contributed by atoms with Crippen molar-refractivity contribution in [2.45, 2.75) is 13.0 Å². The Balaban J connectivity index is 2.08. The van der Waals surface area contributed by atoms with Crippen molar-refractivity contribution < 1.29 is 4.39 Å². The van der Waals surface area contributed by atoms with E-state index in [1.165, 1.54) is 12.3 Å². The van der Waals surface area contributed by atoms with Crippen LogP contribution in [0.25, 0.3) is 0 Å². The monoisotopic (exact) mass is 284 g/mol. The first-order chi connectivity index (χ1) is 7.78. The van der Waals surface area contributed by atoms with Crippen LogP contribution in [0, 0.1) is 5.82 Å². The Morgan fingerprint density at radius 3 is 3.00 bits per heavy atom. The molecule has 84 valence electrons. The maximum absolute atomic E-state index is 12.9. The van der Waals surface area contributed by atoms with Crippen LogP contribution in [0.1, 0.15) is 11.3 Å². The first-order valence-electron chi connectivity index (χ1n) is 4.82. The molecule has 0 saturated heterocycles. The largest absolute Gasteiger partial charge is 0.261 e. The maximum Gasteiger partial charge on any atom is 0.141 e. The SMILES string of the molecule is Fc1cncc(Cn2cc(CCBr)nn2)c1. The van der Waals surface area contributed by atoms with E-state index in [4.69, 9.17) is 0 Å². The molecule has 0 radical (unpaired) electrons. The molecular weight excluding hydrogens is 275 g/mol. The number of rotatable bonds is 4. The lowest BCUT2D eigenvalue weighted by molar-refractivity contribution is 0.607. The number of halogens is 2. The molecule has 2 heterocycles. The van der Waals surface area contributed by atoms with Crippen molar-refractivity contribution in [3.8, 4) is 0 Å². The summed E-state index contributed by atoms with van der Waals surface area (Å²) >= 11 is 3.34. The van der Waals surface area contributed by atoms with Gasteiger partial charge in [0.15, 0.2) is 0 Å². The molecule has 0 N–H and O–H groups in total. The quantitative estimate of drug-likeness (QED) is 0.804. The van der Waals surface area contributed by atoms with Crippen molar-refractivity contribution in [2.24, 2.45) is 0 Å². The molecule has 16 heavy (non-hydrogen) atoms. The van der Waals surface area contributed by atoms with Crippen molar-refractivity contribution in [2.75, 3.05) is 5.33 Å². The Morgan fingerprint density at radius 2 is 2.25 bits per heavy atom. The van der Waals surface area contributed by atoms with Crippen LogP contribution in [-0.2, 0) is 13.0 Å². The zero-order valence-electron chi connectivity index (χ0n) is 8.48. The number of hydrogen-bond donors (Lipinski definition) is 0. The van der Waals surface area contributed by atoms with Gasteiger partial charge in [-0.05, 0) is 11.6 Å². The van der Waals surface area contributed by atoms with Crippen molar-refractivity contribution in [1.82, 2.24) is 20.0 Å². The number of nitrogens with zero attached hydrogens (tertiary/aromatic N) is 4. The van der Waals surface area contributed by atoms with Gasteiger partial charge in [-0.2, -0.15) is 0 Å². The topological polar surface area (TPSA) is 43.6 Å². The van der Waals surface area contributed by atoms with E-state index in [-0.39, 0.29) is 5.82 Å². The predicted molar refractivity (Wildman–Crippen MR) is 60.8 cm³/mol. The van der Waals surface area contributed by atoms with Crippen molar-refractivity contribution in [1.29, 1.82) is 0 Å². The summed E-state index contributed by atoms with van der Waals surface area (Å²) in [6, 6.07) is 1.44. The van der Waals surface area contributed by atoms with Gasteiger partial charge in [0.2, 0.25) is 0 Å². The van der Waals surface area contributed by atoms with Gasteiger partial charge in [-0.25, -0.2) is 9.07 Å². The second kappa shape index (κ2) is 5.16. The first-order valence-corrected chi connectivity index (χ1v) is 5.94. The van der Waals surface area contributed by atoms with Gasteiger partial charge in [0.05, 0.1) is 18.4 Å². The van der Waals surface area contributed by atoms with Gasteiger partial charge in [-0.15, -0.1) is 5.10 Å². The third-order valence-corrected chi connectivity index (χ3v) is 2.44. The normalized spacial score (nSPS) is 10.6. The van der Waals surface area contributed by atoms with E-state index < -0.39 is 0 Å². The molecule has 0 bridgehead atoms. The summed E-state index contributed by atoms with van der Waals surface area (Å²) < 4.78 is 14.6. The highest BCUT2D eigenvalue weighted by molar-refractivity contribution is 9.09. The van der Waals surface area contributed by atoms with E-state index in [2.05, 4.69) is 31.2 Å². The van der Waals surface area contributed by atoms with Crippen molar-refractivity contribution in [3.63, 3.8) is 0 Å². The van der Waals surface area contributed by atoms with Crippen LogP contribution >= 0.6 is 15.9 Å². The van der Waals surface area contributed by atoms with Crippen molar-refractivity contribution >= 4 is 15.9 Å². The fourth-order valence-electron chi connectivity index (χ4n) is 1.36. The molecule has 4 nitrogen and oxygen atoms in total. The summed E-state index contributed by atoms with van der Waals surface area (Å²) in [5.41, 5.74) is 1.69. The summed E-state index contributed by atoms with van der Waals surface area (Å²) in [4.78, 5) is 3.78. The summed E-state index contributed by atoms with van der Waals surface area (Å²) in [5.74, 6) is -0.335. The molecule has 0 amide bonds. The minimum atomic E-state index is -0.335. The predicted octanol–water partition coefficient (Wildman–Crippen LogP) is 1.80. The highest BCUT2D eigenvalue weighted by Gasteiger charge is 2.02. The highest BCUT2D eigenvalue weighted by atomic mass is 79.9. The minimum absolute atomic E-state index is 0.335. The number of alkyl halides is 1. The van der Waals surface area contributed by atoms with Crippen LogP contribution in [0.2, 0.25) is 0 Å². The molecule has 0 aliphatic carbocycles. The standard InChI is InChI=1S/C10H10BrFN4/c11-2-1-10-7-16(15-14-10)6-8-3-9(12)5-13-4-8/h3-5,7H,1-2,6H2. The van der Waals surface area contributed by atoms with E-state index in [1.807, 2.05) is 6.20 Å². The zero-order valence-corrected chi connectivity index (χ0v) is 10.1. The fraction of sp³-hybridized carbons (Fsp3) is 0.300. The van der Waals surface area contributed by atoms with E-state index in [0.717, 1.165) is 23.0 Å². The molecule has 0 aliphatic heterocycles. The van der Waals surface area contributed by atoms with Crippen LogP contribution in [0.3, 0.4) is 0 Å². The minimum Gasteiger partial charge on any atom is -0.261 e. The van der Waals surface area contributed by atoms with E-state index in [0.29, 0.717) is 6.54 Å². The van der Waals surface area contributed by atoms with E-state index in [1.54, 1.807) is 10.9 Å². The van der Waals surface area contributed by atoms with Crippen molar-refractivity contribution in [3.05, 3.63) is 41.7 Å². The summed E-state index contributed by atoms with van der Waals surface area (Å²) in [7, 11) is 0. The van der Waals surface area contributed by atoms with Gasteiger partial charge in [-0.1, -0.05) is 21.1 Å². The lowest BCUT2D eigenvalue weighted by Gasteiger charge is -1.99. The number of pyridine rings is 1. The van der Waals surface area contributed by atoms with Crippen LogP contribution in [0.15, 0.2) is 24.7 Å². The van der Waals surface area contributed by atoms with Gasteiger partial charge in [0, 0.05) is 24.1 Å². The molecule has 0 aliphatic rings. The molecule has 0 spiro atoms. The molecule has 2 aromatic rings. The van der Waals surface area contributed by atoms with Crippen LogP contribution < -0.4 is 0 Å². The van der Waals surface area contributed by atoms with Gasteiger partial charge in [0.25, 0.3) is 0 Å². The Labute approximate surface area is 101 Å². The molecule has 0 unspecified atom stereocenters.